The fourth-order valence-electron chi connectivity index (χ4n) is 4.45. The van der Waals surface area contributed by atoms with E-state index in [-0.39, 0.29) is 5.92 Å². The van der Waals surface area contributed by atoms with Crippen LogP contribution in [0.1, 0.15) is 39.5 Å². The van der Waals surface area contributed by atoms with Crippen LogP contribution in [0.5, 0.6) is 0 Å². The molecule has 5 nitrogen and oxygen atoms in total. The smallest absolute Gasteiger partial charge is 0.343 e. The molecule has 7 atom stereocenters. The van der Waals surface area contributed by atoms with E-state index in [4.69, 9.17) is 19.2 Å². The van der Waals surface area contributed by atoms with E-state index in [2.05, 4.69) is 6.92 Å². The number of ether oxygens (including phenoxy) is 2. The molecule has 1 saturated carbocycles. The average Bonchev–Trinajstić information content (AvgIpc) is 2.63. The summed E-state index contributed by atoms with van der Waals surface area (Å²) in [6.07, 6.45) is 0.443. The van der Waals surface area contributed by atoms with Gasteiger partial charge >= 0.3 is 5.97 Å². The number of carbonyl (C=O) groups is 1. The topological polar surface area (TPSA) is 54.0 Å². The van der Waals surface area contributed by atoms with E-state index in [0.717, 1.165) is 12.8 Å². The summed E-state index contributed by atoms with van der Waals surface area (Å²) in [6.45, 7) is 3.91. The van der Waals surface area contributed by atoms with Gasteiger partial charge in [-0.25, -0.2) is 19.0 Å². The molecule has 7 unspecified atom stereocenters. The summed E-state index contributed by atoms with van der Waals surface area (Å²) in [4.78, 5) is 22.9. The van der Waals surface area contributed by atoms with Crippen LogP contribution in [0.2, 0.25) is 0 Å². The van der Waals surface area contributed by atoms with Crippen LogP contribution in [0, 0.1) is 17.8 Å². The SMILES string of the molecule is CC1CCC2C(F)C(=O)OC3OC4(C)CCC1C32OO4. The number of hydrogen-bond acceptors (Lipinski definition) is 5. The van der Waals surface area contributed by atoms with Gasteiger partial charge in [0.15, 0.2) is 5.60 Å². The lowest BCUT2D eigenvalue weighted by molar-refractivity contribution is -0.559. The second-order valence-electron chi connectivity index (χ2n) is 6.75. The van der Waals surface area contributed by atoms with Crippen molar-refractivity contribution in [2.24, 2.45) is 17.8 Å². The summed E-state index contributed by atoms with van der Waals surface area (Å²) in [7, 11) is 0. The maximum atomic E-state index is 14.4. The lowest BCUT2D eigenvalue weighted by atomic mass is 9.60. The standard InChI is InChI=1S/C14H19FO5/c1-7-3-4-9-10(15)11(16)17-12-14(9)8(7)5-6-13(2,18-12)19-20-14/h7-10,12H,3-6H2,1-2H3. The number of alkyl halides is 1. The van der Waals surface area contributed by atoms with Crippen molar-refractivity contribution >= 4 is 5.97 Å². The van der Waals surface area contributed by atoms with Crippen LogP contribution in [0.25, 0.3) is 0 Å². The quantitative estimate of drug-likeness (QED) is 0.504. The number of esters is 1. The van der Waals surface area contributed by atoms with E-state index in [1.165, 1.54) is 0 Å². The number of carbonyl (C=O) groups excluding carboxylic acids is 1. The van der Waals surface area contributed by atoms with Crippen LogP contribution in [0.15, 0.2) is 0 Å². The Morgan fingerprint density at radius 3 is 2.80 bits per heavy atom. The van der Waals surface area contributed by atoms with Crippen molar-refractivity contribution in [1.29, 1.82) is 0 Å². The first-order valence-electron chi connectivity index (χ1n) is 7.35. The summed E-state index contributed by atoms with van der Waals surface area (Å²) in [5.74, 6) is -1.84. The Hall–Kier alpha value is -0.720. The van der Waals surface area contributed by atoms with E-state index in [9.17, 15) is 9.18 Å². The molecule has 0 aromatic carbocycles. The minimum atomic E-state index is -1.66. The van der Waals surface area contributed by atoms with Crippen molar-refractivity contribution in [1.82, 2.24) is 0 Å². The number of hydrogen-bond donors (Lipinski definition) is 0. The fraction of sp³-hybridized carbons (Fsp3) is 0.929. The predicted octanol–water partition coefficient (Wildman–Crippen LogP) is 2.10. The third-order valence-electron chi connectivity index (χ3n) is 5.58. The molecule has 4 saturated heterocycles. The zero-order valence-electron chi connectivity index (χ0n) is 11.6. The molecule has 112 valence electrons. The third-order valence-corrected chi connectivity index (χ3v) is 5.58. The molecule has 5 rings (SSSR count). The highest BCUT2D eigenvalue weighted by atomic mass is 19.1. The molecule has 0 aromatic rings. The van der Waals surface area contributed by atoms with Gasteiger partial charge in [0, 0.05) is 18.3 Å². The van der Waals surface area contributed by atoms with Crippen molar-refractivity contribution in [3.05, 3.63) is 0 Å². The van der Waals surface area contributed by atoms with Gasteiger partial charge in [-0.05, 0) is 32.1 Å². The average molecular weight is 286 g/mol. The number of fused-ring (bicyclic) bond motifs is 2. The van der Waals surface area contributed by atoms with Crippen molar-refractivity contribution in [3.63, 3.8) is 0 Å². The molecule has 1 spiro atoms. The molecule has 0 N–H and O–H groups in total. The zero-order valence-corrected chi connectivity index (χ0v) is 11.6. The van der Waals surface area contributed by atoms with E-state index >= 15 is 0 Å². The van der Waals surface area contributed by atoms with E-state index < -0.39 is 35.7 Å². The van der Waals surface area contributed by atoms with Crippen LogP contribution in [0.4, 0.5) is 4.39 Å². The van der Waals surface area contributed by atoms with Gasteiger partial charge in [0.25, 0.3) is 0 Å². The Kier molecular flexibility index (Phi) is 2.55. The minimum Gasteiger partial charge on any atom is -0.430 e. The molecular weight excluding hydrogens is 267 g/mol. The molecule has 0 aromatic heterocycles. The first-order valence-corrected chi connectivity index (χ1v) is 7.35. The summed E-state index contributed by atoms with van der Waals surface area (Å²) < 4.78 is 25.4. The van der Waals surface area contributed by atoms with Crippen LogP contribution in [0.3, 0.4) is 0 Å². The number of rotatable bonds is 0. The third kappa shape index (κ3) is 1.45. The normalized spacial score (nSPS) is 57.8. The number of halogens is 1. The molecule has 4 heterocycles. The largest absolute Gasteiger partial charge is 0.430 e. The Labute approximate surface area is 116 Å². The van der Waals surface area contributed by atoms with Gasteiger partial charge in [0.1, 0.15) is 0 Å². The highest BCUT2D eigenvalue weighted by Gasteiger charge is 2.71. The maximum Gasteiger partial charge on any atom is 0.343 e. The summed E-state index contributed by atoms with van der Waals surface area (Å²) >= 11 is 0. The molecule has 0 radical (unpaired) electrons. The van der Waals surface area contributed by atoms with E-state index in [1.54, 1.807) is 6.92 Å². The lowest BCUT2D eigenvalue weighted by Crippen LogP contribution is -2.70. The van der Waals surface area contributed by atoms with Gasteiger partial charge in [-0.1, -0.05) is 6.92 Å². The summed E-state index contributed by atoms with van der Waals surface area (Å²) in [6, 6.07) is 0. The van der Waals surface area contributed by atoms with Gasteiger partial charge < -0.3 is 9.47 Å². The van der Waals surface area contributed by atoms with Crippen molar-refractivity contribution in [2.45, 2.75) is 63.4 Å². The molecule has 5 aliphatic rings. The highest BCUT2D eigenvalue weighted by Crippen LogP contribution is 2.58. The van der Waals surface area contributed by atoms with E-state index in [0.29, 0.717) is 18.8 Å². The van der Waals surface area contributed by atoms with Gasteiger partial charge in [0.05, 0.1) is 0 Å². The second kappa shape index (κ2) is 3.93. The predicted molar refractivity (Wildman–Crippen MR) is 63.8 cm³/mol. The molecule has 6 heteroatoms. The molecule has 20 heavy (non-hydrogen) atoms. The molecule has 2 bridgehead atoms. The molecule has 4 aliphatic heterocycles. The minimum absolute atomic E-state index is 0.0851. The molecule has 1 aliphatic carbocycles. The second-order valence-corrected chi connectivity index (χ2v) is 6.75. The summed E-state index contributed by atoms with van der Waals surface area (Å²) in [5, 5.41) is 0. The molecule has 5 fully saturated rings. The van der Waals surface area contributed by atoms with Crippen LogP contribution in [-0.2, 0) is 24.0 Å². The Morgan fingerprint density at radius 2 is 2.00 bits per heavy atom. The Balaban J connectivity index is 1.84. The van der Waals surface area contributed by atoms with Gasteiger partial charge in [0.2, 0.25) is 18.2 Å². The first-order chi connectivity index (χ1) is 9.46. The van der Waals surface area contributed by atoms with E-state index in [1.807, 2.05) is 0 Å². The zero-order chi connectivity index (χ0) is 14.1. The lowest BCUT2D eigenvalue weighted by Gasteiger charge is -2.56. The first kappa shape index (κ1) is 13.0. The highest BCUT2D eigenvalue weighted by molar-refractivity contribution is 5.76. The Morgan fingerprint density at radius 1 is 1.20 bits per heavy atom. The van der Waals surface area contributed by atoms with Gasteiger partial charge in [-0.3, -0.25) is 0 Å². The molecule has 0 amide bonds. The maximum absolute atomic E-state index is 14.4. The monoisotopic (exact) mass is 286 g/mol. The molecular formula is C14H19FO5. The van der Waals surface area contributed by atoms with Crippen molar-refractivity contribution in [2.75, 3.05) is 0 Å². The van der Waals surface area contributed by atoms with Gasteiger partial charge in [-0.2, -0.15) is 0 Å². The van der Waals surface area contributed by atoms with Gasteiger partial charge in [-0.15, -0.1) is 0 Å². The van der Waals surface area contributed by atoms with Crippen LogP contribution < -0.4 is 0 Å². The summed E-state index contributed by atoms with van der Waals surface area (Å²) in [5.41, 5.74) is -0.985. The van der Waals surface area contributed by atoms with Crippen molar-refractivity contribution in [3.8, 4) is 0 Å². The van der Waals surface area contributed by atoms with Crippen LogP contribution >= 0.6 is 0 Å². The van der Waals surface area contributed by atoms with Crippen LogP contribution in [-0.4, -0.2) is 29.8 Å². The van der Waals surface area contributed by atoms with Crippen molar-refractivity contribution < 1.29 is 28.4 Å². The fourth-order valence-corrected chi connectivity index (χ4v) is 4.45. The Bertz CT molecular complexity index is 457.